The van der Waals surface area contributed by atoms with Crippen molar-refractivity contribution >= 4 is 47.6 Å². The Morgan fingerprint density at radius 1 is 1.33 bits per heavy atom. The summed E-state index contributed by atoms with van der Waals surface area (Å²) in [6.45, 7) is 0. The van der Waals surface area contributed by atoms with Crippen molar-refractivity contribution in [2.45, 2.75) is 0 Å². The van der Waals surface area contributed by atoms with Gasteiger partial charge in [0.1, 0.15) is 10.9 Å². The smallest absolute Gasteiger partial charge is 0.102 e. The number of nitrogens with one attached hydrogen (secondary N) is 1. The van der Waals surface area contributed by atoms with Crippen LogP contribution in [-0.2, 0) is 0 Å². The van der Waals surface area contributed by atoms with Crippen LogP contribution in [0, 0.1) is 11.3 Å². The van der Waals surface area contributed by atoms with Gasteiger partial charge in [-0.2, -0.15) is 5.26 Å². The summed E-state index contributed by atoms with van der Waals surface area (Å²) in [7, 11) is 0. The van der Waals surface area contributed by atoms with Crippen molar-refractivity contribution in [2.24, 2.45) is 0 Å². The lowest BCUT2D eigenvalue weighted by atomic mass is 10.1. The Morgan fingerprint density at radius 3 is 3.00 bits per heavy atom. The van der Waals surface area contributed by atoms with Crippen LogP contribution < -0.4 is 0 Å². The SMILES string of the molecule is N#Cc1c[nH]c2sc3cccc(Br)c3c12. The van der Waals surface area contributed by atoms with Crippen LogP contribution in [0.3, 0.4) is 0 Å². The minimum Gasteiger partial charge on any atom is -0.352 e. The van der Waals surface area contributed by atoms with Crippen LogP contribution in [0.5, 0.6) is 0 Å². The highest BCUT2D eigenvalue weighted by Crippen LogP contribution is 2.39. The molecule has 4 heteroatoms. The minimum absolute atomic E-state index is 0.711. The molecular formula is C11H5BrN2S. The van der Waals surface area contributed by atoms with E-state index in [0.29, 0.717) is 5.56 Å². The van der Waals surface area contributed by atoms with Crippen molar-refractivity contribution in [3.8, 4) is 6.07 Å². The number of nitriles is 1. The quantitative estimate of drug-likeness (QED) is 0.662. The van der Waals surface area contributed by atoms with E-state index >= 15 is 0 Å². The maximum absolute atomic E-state index is 9.01. The summed E-state index contributed by atoms with van der Waals surface area (Å²) in [6, 6.07) is 8.29. The molecule has 3 aromatic rings. The summed E-state index contributed by atoms with van der Waals surface area (Å²) in [5, 5.41) is 11.2. The van der Waals surface area contributed by atoms with Gasteiger partial charge in [-0.1, -0.05) is 22.0 Å². The molecule has 0 fully saturated rings. The molecule has 0 aliphatic carbocycles. The maximum Gasteiger partial charge on any atom is 0.102 e. The molecule has 0 aliphatic rings. The van der Waals surface area contributed by atoms with Gasteiger partial charge < -0.3 is 4.98 Å². The Bertz CT molecular complexity index is 702. The van der Waals surface area contributed by atoms with E-state index in [-0.39, 0.29) is 0 Å². The molecule has 0 aliphatic heterocycles. The number of aromatic amines is 1. The number of H-pyrrole nitrogens is 1. The fourth-order valence-electron chi connectivity index (χ4n) is 1.76. The highest BCUT2D eigenvalue weighted by molar-refractivity contribution is 9.10. The third kappa shape index (κ3) is 1.14. The second-order valence-corrected chi connectivity index (χ2v) is 5.14. The monoisotopic (exact) mass is 276 g/mol. The van der Waals surface area contributed by atoms with Crippen molar-refractivity contribution in [1.82, 2.24) is 4.98 Å². The van der Waals surface area contributed by atoms with Gasteiger partial charge in [-0.25, -0.2) is 0 Å². The Hall–Kier alpha value is -1.31. The van der Waals surface area contributed by atoms with Crippen molar-refractivity contribution in [1.29, 1.82) is 5.26 Å². The zero-order valence-corrected chi connectivity index (χ0v) is 9.95. The summed E-state index contributed by atoms with van der Waals surface area (Å²) >= 11 is 5.20. The topological polar surface area (TPSA) is 39.6 Å². The van der Waals surface area contributed by atoms with Crippen molar-refractivity contribution < 1.29 is 0 Å². The summed E-state index contributed by atoms with van der Waals surface area (Å²) in [5.41, 5.74) is 0.711. The Morgan fingerprint density at radius 2 is 2.20 bits per heavy atom. The van der Waals surface area contributed by atoms with Crippen LogP contribution in [0.15, 0.2) is 28.9 Å². The molecule has 0 saturated carbocycles. The van der Waals surface area contributed by atoms with Gasteiger partial charge in [0, 0.05) is 26.1 Å². The molecule has 0 atom stereocenters. The average Bonchev–Trinajstić information content (AvgIpc) is 2.75. The van der Waals surface area contributed by atoms with E-state index in [1.807, 2.05) is 12.1 Å². The molecule has 0 bridgehead atoms. The number of fused-ring (bicyclic) bond motifs is 3. The fourth-order valence-corrected chi connectivity index (χ4v) is 3.57. The van der Waals surface area contributed by atoms with Gasteiger partial charge >= 0.3 is 0 Å². The zero-order valence-electron chi connectivity index (χ0n) is 7.54. The minimum atomic E-state index is 0.711. The first kappa shape index (κ1) is 8.96. The lowest BCUT2D eigenvalue weighted by Crippen LogP contribution is -1.70. The molecule has 72 valence electrons. The third-order valence-corrected chi connectivity index (χ3v) is 4.15. The second-order valence-electron chi connectivity index (χ2n) is 3.23. The highest BCUT2D eigenvalue weighted by Gasteiger charge is 2.12. The molecular weight excluding hydrogens is 272 g/mol. The number of nitrogens with zero attached hydrogens (tertiary/aromatic N) is 1. The highest BCUT2D eigenvalue weighted by atomic mass is 79.9. The summed E-state index contributed by atoms with van der Waals surface area (Å²) < 4.78 is 2.24. The van der Waals surface area contributed by atoms with Crippen LogP contribution in [-0.4, -0.2) is 4.98 Å². The lowest BCUT2D eigenvalue weighted by molar-refractivity contribution is 1.46. The number of rotatable bonds is 0. The number of thiophene rings is 1. The molecule has 0 radical (unpaired) electrons. The summed E-state index contributed by atoms with van der Waals surface area (Å²) in [6.07, 6.45) is 1.76. The first-order chi connectivity index (χ1) is 7.31. The number of hydrogen-bond donors (Lipinski definition) is 1. The largest absolute Gasteiger partial charge is 0.352 e. The molecule has 2 nitrogen and oxygen atoms in total. The predicted octanol–water partition coefficient (Wildman–Crippen LogP) is 4.02. The molecule has 1 aromatic carbocycles. The van der Waals surface area contributed by atoms with Crippen molar-refractivity contribution in [3.05, 3.63) is 34.4 Å². The van der Waals surface area contributed by atoms with Crippen molar-refractivity contribution in [2.75, 3.05) is 0 Å². The maximum atomic E-state index is 9.01. The second kappa shape index (κ2) is 3.09. The van der Waals surface area contributed by atoms with Gasteiger partial charge in [0.2, 0.25) is 0 Å². The summed E-state index contributed by atoms with van der Waals surface area (Å²) in [5.74, 6) is 0. The van der Waals surface area contributed by atoms with Crippen LogP contribution >= 0.6 is 27.3 Å². The normalized spacial score (nSPS) is 10.9. The molecule has 1 N–H and O–H groups in total. The summed E-state index contributed by atoms with van der Waals surface area (Å²) in [4.78, 5) is 4.19. The van der Waals surface area contributed by atoms with Crippen LogP contribution in [0.1, 0.15) is 5.56 Å². The van der Waals surface area contributed by atoms with Gasteiger partial charge in [-0.05, 0) is 12.1 Å². The first-order valence-corrected chi connectivity index (χ1v) is 6.00. The van der Waals surface area contributed by atoms with Gasteiger partial charge in [0.05, 0.1) is 5.56 Å². The van der Waals surface area contributed by atoms with Gasteiger partial charge in [0.25, 0.3) is 0 Å². The first-order valence-electron chi connectivity index (χ1n) is 4.39. The molecule has 15 heavy (non-hydrogen) atoms. The van der Waals surface area contributed by atoms with Crippen LogP contribution in [0.4, 0.5) is 0 Å². The molecule has 0 amide bonds. The predicted molar refractivity (Wildman–Crippen MR) is 66.1 cm³/mol. The molecule has 2 heterocycles. The Labute approximate surface area is 98.3 Å². The lowest BCUT2D eigenvalue weighted by Gasteiger charge is -1.93. The fraction of sp³-hybridized carbons (Fsp3) is 0. The number of halogens is 1. The van der Waals surface area contributed by atoms with Crippen LogP contribution in [0.2, 0.25) is 0 Å². The molecule has 0 spiro atoms. The standard InChI is InChI=1S/C11H5BrN2S/c12-7-2-1-3-8-10(7)9-6(4-13)5-14-11(9)15-8/h1-3,5,14H. The average molecular weight is 277 g/mol. The molecule has 3 rings (SSSR count). The van der Waals surface area contributed by atoms with Gasteiger partial charge in [-0.3, -0.25) is 0 Å². The van der Waals surface area contributed by atoms with E-state index in [4.69, 9.17) is 5.26 Å². The van der Waals surface area contributed by atoms with E-state index in [0.717, 1.165) is 20.1 Å². The van der Waals surface area contributed by atoms with Crippen LogP contribution in [0.25, 0.3) is 20.3 Å². The molecule has 0 unspecified atom stereocenters. The van der Waals surface area contributed by atoms with E-state index in [9.17, 15) is 0 Å². The van der Waals surface area contributed by atoms with E-state index in [1.54, 1.807) is 17.5 Å². The zero-order chi connectivity index (χ0) is 10.4. The van der Waals surface area contributed by atoms with E-state index in [2.05, 4.69) is 33.0 Å². The van der Waals surface area contributed by atoms with E-state index in [1.165, 1.54) is 4.70 Å². The third-order valence-electron chi connectivity index (χ3n) is 2.40. The number of aromatic nitrogens is 1. The Kier molecular flexibility index (Phi) is 1.84. The van der Waals surface area contributed by atoms with Crippen molar-refractivity contribution in [3.63, 3.8) is 0 Å². The number of benzene rings is 1. The Balaban J connectivity index is 2.65. The molecule has 2 aromatic heterocycles. The van der Waals surface area contributed by atoms with Gasteiger partial charge in [0.15, 0.2) is 0 Å². The van der Waals surface area contributed by atoms with E-state index < -0.39 is 0 Å². The van der Waals surface area contributed by atoms with Gasteiger partial charge in [-0.15, -0.1) is 11.3 Å². The molecule has 0 saturated heterocycles. The number of hydrogen-bond acceptors (Lipinski definition) is 2.